The number of fused-ring (bicyclic) bond motifs is 1. The highest BCUT2D eigenvalue weighted by Gasteiger charge is 2.21. The second kappa shape index (κ2) is 3.87. The summed E-state index contributed by atoms with van der Waals surface area (Å²) in [6, 6.07) is 8.32. The lowest BCUT2D eigenvalue weighted by Crippen LogP contribution is -2.16. The highest BCUT2D eigenvalue weighted by Crippen LogP contribution is 2.29. The summed E-state index contributed by atoms with van der Waals surface area (Å²) >= 11 is 0. The third-order valence-electron chi connectivity index (χ3n) is 3.40. The average molecular weight is 228 g/mol. The molecule has 0 radical (unpaired) electrons. The maximum absolute atomic E-state index is 5.70. The number of nitrogens with two attached hydrogens (primary N) is 1. The molecule has 88 valence electrons. The third kappa shape index (κ3) is 1.69. The van der Waals surface area contributed by atoms with Crippen molar-refractivity contribution in [3.8, 4) is 11.4 Å². The van der Waals surface area contributed by atoms with Gasteiger partial charge < -0.3 is 10.3 Å². The molecule has 4 nitrogen and oxygen atoms in total. The van der Waals surface area contributed by atoms with Gasteiger partial charge >= 0.3 is 0 Å². The van der Waals surface area contributed by atoms with Crippen LogP contribution in [0.25, 0.3) is 11.4 Å². The van der Waals surface area contributed by atoms with Gasteiger partial charge in [-0.15, -0.1) is 10.2 Å². The standard InChI is InChI=1S/C13H16N4/c1-9-3-2-4-12-15-16-13(17(9)12)10-5-7-11(14)8-6-10/h5-9H,2-4,14H2,1H3. The van der Waals surface area contributed by atoms with Gasteiger partial charge in [-0.25, -0.2) is 0 Å². The van der Waals surface area contributed by atoms with Gasteiger partial charge in [0.25, 0.3) is 0 Å². The number of hydrogen-bond acceptors (Lipinski definition) is 3. The summed E-state index contributed by atoms with van der Waals surface area (Å²) in [7, 11) is 0. The van der Waals surface area contributed by atoms with Crippen LogP contribution in [-0.4, -0.2) is 14.8 Å². The summed E-state index contributed by atoms with van der Waals surface area (Å²) in [5.41, 5.74) is 7.57. The van der Waals surface area contributed by atoms with Crippen molar-refractivity contribution in [1.82, 2.24) is 14.8 Å². The van der Waals surface area contributed by atoms with Gasteiger partial charge in [0.2, 0.25) is 0 Å². The number of anilines is 1. The predicted octanol–water partition coefficient (Wildman–Crippen LogP) is 2.42. The first kappa shape index (κ1) is 10.3. The molecule has 3 rings (SSSR count). The normalized spacial score (nSPS) is 19.0. The summed E-state index contributed by atoms with van der Waals surface area (Å²) in [6.07, 6.45) is 3.44. The van der Waals surface area contributed by atoms with Crippen molar-refractivity contribution in [2.75, 3.05) is 5.73 Å². The minimum atomic E-state index is 0.487. The Kier molecular flexibility index (Phi) is 2.35. The molecular weight excluding hydrogens is 212 g/mol. The fourth-order valence-electron chi connectivity index (χ4n) is 2.47. The fraction of sp³-hybridized carbons (Fsp3) is 0.385. The largest absolute Gasteiger partial charge is 0.399 e. The maximum Gasteiger partial charge on any atom is 0.164 e. The van der Waals surface area contributed by atoms with Gasteiger partial charge in [-0.1, -0.05) is 0 Å². The van der Waals surface area contributed by atoms with E-state index < -0.39 is 0 Å². The van der Waals surface area contributed by atoms with Gasteiger partial charge in [0.05, 0.1) is 0 Å². The number of nitrogens with zero attached hydrogens (tertiary/aromatic N) is 3. The van der Waals surface area contributed by atoms with Gasteiger partial charge in [-0.05, 0) is 44.0 Å². The van der Waals surface area contributed by atoms with Crippen LogP contribution in [0.1, 0.15) is 31.6 Å². The quantitative estimate of drug-likeness (QED) is 0.763. The summed E-state index contributed by atoms with van der Waals surface area (Å²) < 4.78 is 2.26. The molecule has 0 bridgehead atoms. The molecular formula is C13H16N4. The minimum Gasteiger partial charge on any atom is -0.399 e. The number of rotatable bonds is 1. The predicted molar refractivity (Wildman–Crippen MR) is 67.5 cm³/mol. The molecule has 0 saturated heterocycles. The van der Waals surface area contributed by atoms with Crippen molar-refractivity contribution in [1.29, 1.82) is 0 Å². The highest BCUT2D eigenvalue weighted by molar-refractivity contribution is 5.59. The summed E-state index contributed by atoms with van der Waals surface area (Å²) in [6.45, 7) is 2.23. The van der Waals surface area contributed by atoms with Gasteiger partial charge in [0.1, 0.15) is 5.82 Å². The number of benzene rings is 1. The van der Waals surface area contributed by atoms with Crippen LogP contribution in [0.4, 0.5) is 5.69 Å². The van der Waals surface area contributed by atoms with Crippen LogP contribution < -0.4 is 5.73 Å². The maximum atomic E-state index is 5.70. The van der Waals surface area contributed by atoms with E-state index in [-0.39, 0.29) is 0 Å². The van der Waals surface area contributed by atoms with Gasteiger partial charge in [-0.3, -0.25) is 0 Å². The molecule has 2 heterocycles. The molecule has 0 saturated carbocycles. The van der Waals surface area contributed by atoms with Crippen LogP contribution in [-0.2, 0) is 6.42 Å². The Morgan fingerprint density at radius 2 is 2.00 bits per heavy atom. The smallest absolute Gasteiger partial charge is 0.164 e. The number of aromatic nitrogens is 3. The monoisotopic (exact) mass is 228 g/mol. The molecule has 2 N–H and O–H groups in total. The van der Waals surface area contributed by atoms with E-state index in [2.05, 4.69) is 21.7 Å². The van der Waals surface area contributed by atoms with E-state index in [4.69, 9.17) is 5.73 Å². The van der Waals surface area contributed by atoms with E-state index in [9.17, 15) is 0 Å². The average Bonchev–Trinajstić information content (AvgIpc) is 2.75. The molecule has 1 aromatic heterocycles. The Labute approximate surface area is 100 Å². The molecule has 0 aliphatic carbocycles. The van der Waals surface area contributed by atoms with Crippen molar-refractivity contribution in [2.45, 2.75) is 32.2 Å². The first-order valence-corrected chi connectivity index (χ1v) is 6.05. The Morgan fingerprint density at radius 1 is 1.24 bits per heavy atom. The zero-order chi connectivity index (χ0) is 11.8. The zero-order valence-corrected chi connectivity index (χ0v) is 9.93. The second-order valence-electron chi connectivity index (χ2n) is 4.67. The lowest BCUT2D eigenvalue weighted by Gasteiger charge is -2.22. The first-order chi connectivity index (χ1) is 8.25. The molecule has 0 amide bonds. The second-order valence-corrected chi connectivity index (χ2v) is 4.67. The molecule has 1 aliphatic heterocycles. The lowest BCUT2D eigenvalue weighted by atomic mass is 10.1. The Hall–Kier alpha value is -1.84. The van der Waals surface area contributed by atoms with E-state index >= 15 is 0 Å². The fourth-order valence-corrected chi connectivity index (χ4v) is 2.47. The number of aryl methyl sites for hydroxylation is 1. The molecule has 0 spiro atoms. The van der Waals surface area contributed by atoms with Crippen LogP contribution >= 0.6 is 0 Å². The first-order valence-electron chi connectivity index (χ1n) is 6.05. The van der Waals surface area contributed by atoms with Gasteiger partial charge in [-0.2, -0.15) is 0 Å². The SMILES string of the molecule is CC1CCCc2nnc(-c3ccc(N)cc3)n21. The van der Waals surface area contributed by atoms with Crippen LogP contribution in [0, 0.1) is 0 Å². The molecule has 4 heteroatoms. The lowest BCUT2D eigenvalue weighted by molar-refractivity contribution is 0.429. The van der Waals surface area contributed by atoms with Crippen molar-refractivity contribution < 1.29 is 0 Å². The molecule has 1 atom stereocenters. The number of nitrogen functional groups attached to an aromatic ring is 1. The summed E-state index contributed by atoms with van der Waals surface area (Å²) in [5, 5.41) is 8.61. The molecule has 1 unspecified atom stereocenters. The zero-order valence-electron chi connectivity index (χ0n) is 9.93. The highest BCUT2D eigenvalue weighted by atomic mass is 15.3. The van der Waals surface area contributed by atoms with E-state index in [0.717, 1.165) is 29.3 Å². The molecule has 1 aliphatic rings. The van der Waals surface area contributed by atoms with Gasteiger partial charge in [0, 0.05) is 23.7 Å². The molecule has 1 aromatic carbocycles. The Bertz CT molecular complexity index is 527. The van der Waals surface area contributed by atoms with Crippen LogP contribution in [0.2, 0.25) is 0 Å². The third-order valence-corrected chi connectivity index (χ3v) is 3.40. The van der Waals surface area contributed by atoms with Crippen molar-refractivity contribution in [3.63, 3.8) is 0 Å². The van der Waals surface area contributed by atoms with Crippen LogP contribution in [0.5, 0.6) is 0 Å². The molecule has 17 heavy (non-hydrogen) atoms. The van der Waals surface area contributed by atoms with E-state index in [1.54, 1.807) is 0 Å². The Morgan fingerprint density at radius 3 is 2.76 bits per heavy atom. The molecule has 0 fully saturated rings. The van der Waals surface area contributed by atoms with Crippen LogP contribution in [0.3, 0.4) is 0 Å². The van der Waals surface area contributed by atoms with Crippen molar-refractivity contribution in [2.24, 2.45) is 0 Å². The minimum absolute atomic E-state index is 0.487. The summed E-state index contributed by atoms with van der Waals surface area (Å²) in [4.78, 5) is 0. The van der Waals surface area contributed by atoms with Crippen molar-refractivity contribution >= 4 is 5.69 Å². The topological polar surface area (TPSA) is 56.7 Å². The van der Waals surface area contributed by atoms with E-state index in [1.807, 2.05) is 24.3 Å². The van der Waals surface area contributed by atoms with Crippen LogP contribution in [0.15, 0.2) is 24.3 Å². The molecule has 2 aromatic rings. The van der Waals surface area contributed by atoms with Gasteiger partial charge in [0.15, 0.2) is 5.82 Å². The number of hydrogen-bond donors (Lipinski definition) is 1. The van der Waals surface area contributed by atoms with E-state index in [0.29, 0.717) is 6.04 Å². The van der Waals surface area contributed by atoms with E-state index in [1.165, 1.54) is 12.8 Å². The summed E-state index contributed by atoms with van der Waals surface area (Å²) in [5.74, 6) is 2.07. The Balaban J connectivity index is 2.09. The van der Waals surface area contributed by atoms with Crippen molar-refractivity contribution in [3.05, 3.63) is 30.1 Å².